The molecule has 3 aromatic rings. The average Bonchev–Trinajstić information content (AvgIpc) is 3.35. The van der Waals surface area contributed by atoms with E-state index in [1.165, 1.54) is 53.9 Å². The van der Waals surface area contributed by atoms with Crippen LogP contribution in [0.2, 0.25) is 0 Å². The van der Waals surface area contributed by atoms with Crippen molar-refractivity contribution in [1.82, 2.24) is 9.88 Å². The molecule has 0 aliphatic heterocycles. The van der Waals surface area contributed by atoms with E-state index in [0.29, 0.717) is 40.4 Å². The Bertz CT molecular complexity index is 1100. The monoisotopic (exact) mass is 469 g/mol. The molecule has 31 heavy (non-hydrogen) atoms. The van der Waals surface area contributed by atoms with Crippen molar-refractivity contribution in [1.29, 1.82) is 0 Å². The van der Waals surface area contributed by atoms with Gasteiger partial charge in [0.05, 0.1) is 10.6 Å². The fourth-order valence-electron chi connectivity index (χ4n) is 2.74. The Balaban J connectivity index is 1.91. The van der Waals surface area contributed by atoms with Crippen molar-refractivity contribution in [2.75, 3.05) is 6.54 Å². The summed E-state index contributed by atoms with van der Waals surface area (Å²) >= 11 is 2.55. The van der Waals surface area contributed by atoms with Crippen LogP contribution in [0.4, 0.5) is 13.2 Å². The molecule has 11 heteroatoms. The number of benzene rings is 1. The van der Waals surface area contributed by atoms with Gasteiger partial charge >= 0.3 is 6.36 Å². The summed E-state index contributed by atoms with van der Waals surface area (Å²) in [6, 6.07) is 8.94. The summed E-state index contributed by atoms with van der Waals surface area (Å²) < 4.78 is 42.9. The number of hydrogen-bond donors (Lipinski definition) is 1. The second kappa shape index (κ2) is 9.92. The normalized spacial score (nSPS) is 12.1. The van der Waals surface area contributed by atoms with Crippen molar-refractivity contribution >= 4 is 34.5 Å². The van der Waals surface area contributed by atoms with Crippen LogP contribution >= 0.6 is 22.7 Å². The lowest BCUT2D eigenvalue weighted by Gasteiger charge is -2.11. The smallest absolute Gasteiger partial charge is 0.406 e. The van der Waals surface area contributed by atoms with Crippen LogP contribution in [-0.2, 0) is 11.3 Å². The number of halogens is 3. The fourth-order valence-corrected chi connectivity index (χ4v) is 4.28. The minimum absolute atomic E-state index is 0.145. The molecule has 1 aromatic carbocycles. The van der Waals surface area contributed by atoms with Gasteiger partial charge in [0.25, 0.3) is 5.91 Å². The highest BCUT2D eigenvalue weighted by atomic mass is 32.1. The highest BCUT2D eigenvalue weighted by Gasteiger charge is 2.31. The second-order valence-electron chi connectivity index (χ2n) is 6.36. The topological polar surface area (TPSA) is 72.7 Å². The zero-order valence-corrected chi connectivity index (χ0v) is 17.9. The molecule has 2 amide bonds. The van der Waals surface area contributed by atoms with Gasteiger partial charge in [-0.05, 0) is 47.7 Å². The van der Waals surface area contributed by atoms with Gasteiger partial charge in [0.2, 0.25) is 5.91 Å². The second-order valence-corrected chi connectivity index (χ2v) is 8.14. The molecule has 0 bridgehead atoms. The van der Waals surface area contributed by atoms with E-state index in [0.717, 1.165) is 0 Å². The summed E-state index contributed by atoms with van der Waals surface area (Å²) in [5.41, 5.74) is 1.35. The van der Waals surface area contributed by atoms with Gasteiger partial charge < -0.3 is 14.6 Å². The van der Waals surface area contributed by atoms with Gasteiger partial charge in [-0.2, -0.15) is 4.99 Å². The minimum atomic E-state index is -4.76. The first-order valence-corrected chi connectivity index (χ1v) is 10.9. The van der Waals surface area contributed by atoms with Gasteiger partial charge in [-0.15, -0.1) is 35.8 Å². The standard InChI is InChI=1S/C20H18F3N3O3S2/c1-13(27)24-9-3-10-26-16(14-5-7-15(8-6-14)29-20(21,22)23)12-31-19(26)25-18(28)17-4-2-11-30-17/h2,4-8,11-12H,3,9-10H2,1H3,(H,24,27). The number of amides is 2. The van der Waals surface area contributed by atoms with Crippen LogP contribution in [0.25, 0.3) is 11.3 Å². The molecule has 2 heterocycles. The van der Waals surface area contributed by atoms with Crippen LogP contribution in [0.15, 0.2) is 52.2 Å². The van der Waals surface area contributed by atoms with Gasteiger partial charge in [0.1, 0.15) is 5.75 Å². The SMILES string of the molecule is CC(=O)NCCCn1c(-c2ccc(OC(F)(F)F)cc2)csc1=NC(=O)c1cccs1. The van der Waals surface area contributed by atoms with E-state index >= 15 is 0 Å². The average molecular weight is 470 g/mol. The number of carbonyl (C=O) groups is 2. The first kappa shape index (κ1) is 22.8. The van der Waals surface area contributed by atoms with Crippen LogP contribution < -0.4 is 14.9 Å². The lowest BCUT2D eigenvalue weighted by molar-refractivity contribution is -0.274. The summed E-state index contributed by atoms with van der Waals surface area (Å²) in [5, 5.41) is 6.29. The maximum Gasteiger partial charge on any atom is 0.573 e. The van der Waals surface area contributed by atoms with Crippen molar-refractivity contribution in [2.45, 2.75) is 26.3 Å². The molecule has 0 radical (unpaired) electrons. The molecule has 0 unspecified atom stereocenters. The molecule has 0 aliphatic rings. The van der Waals surface area contributed by atoms with Crippen LogP contribution in [0.5, 0.6) is 5.75 Å². The molecule has 0 spiro atoms. The van der Waals surface area contributed by atoms with Crippen molar-refractivity contribution in [2.24, 2.45) is 4.99 Å². The van der Waals surface area contributed by atoms with Crippen LogP contribution in [0, 0.1) is 0 Å². The Morgan fingerprint density at radius 2 is 1.90 bits per heavy atom. The zero-order chi connectivity index (χ0) is 22.4. The molecule has 3 rings (SSSR count). The van der Waals surface area contributed by atoms with Gasteiger partial charge in [0, 0.05) is 25.4 Å². The van der Waals surface area contributed by atoms with Crippen molar-refractivity contribution < 1.29 is 27.5 Å². The van der Waals surface area contributed by atoms with E-state index < -0.39 is 6.36 Å². The Labute approximate surface area is 183 Å². The number of nitrogens with one attached hydrogen (secondary N) is 1. The van der Waals surface area contributed by atoms with Crippen molar-refractivity contribution in [3.8, 4) is 17.0 Å². The number of rotatable bonds is 7. The molecule has 0 aliphatic carbocycles. The number of nitrogens with zero attached hydrogens (tertiary/aromatic N) is 2. The summed E-state index contributed by atoms with van der Waals surface area (Å²) in [7, 11) is 0. The molecule has 1 N–H and O–H groups in total. The Kier molecular flexibility index (Phi) is 7.29. The largest absolute Gasteiger partial charge is 0.573 e. The lowest BCUT2D eigenvalue weighted by Crippen LogP contribution is -2.24. The van der Waals surface area contributed by atoms with Crippen LogP contribution in [0.3, 0.4) is 0 Å². The fraction of sp³-hybridized carbons (Fsp3) is 0.250. The highest BCUT2D eigenvalue weighted by molar-refractivity contribution is 7.12. The molecular formula is C20H18F3N3O3S2. The van der Waals surface area contributed by atoms with Gasteiger partial charge in [-0.25, -0.2) is 0 Å². The van der Waals surface area contributed by atoms with E-state index in [2.05, 4.69) is 15.0 Å². The number of aromatic nitrogens is 1. The van der Waals surface area contributed by atoms with Crippen molar-refractivity contribution in [3.63, 3.8) is 0 Å². The van der Waals surface area contributed by atoms with Crippen LogP contribution in [-0.4, -0.2) is 29.3 Å². The summed E-state index contributed by atoms with van der Waals surface area (Å²) in [6.45, 7) is 2.32. The van der Waals surface area contributed by atoms with E-state index in [1.54, 1.807) is 22.9 Å². The molecule has 0 saturated heterocycles. The molecular weight excluding hydrogens is 451 g/mol. The van der Waals surface area contributed by atoms with E-state index in [-0.39, 0.29) is 17.6 Å². The Morgan fingerprint density at radius 3 is 2.52 bits per heavy atom. The predicted octanol–water partition coefficient (Wildman–Crippen LogP) is 4.44. The third-order valence-corrected chi connectivity index (χ3v) is 5.76. The summed E-state index contributed by atoms with van der Waals surface area (Å²) in [6.07, 6.45) is -4.18. The lowest BCUT2D eigenvalue weighted by atomic mass is 10.1. The predicted molar refractivity (Wildman–Crippen MR) is 112 cm³/mol. The molecule has 0 atom stereocenters. The van der Waals surface area contributed by atoms with Crippen molar-refractivity contribution in [3.05, 3.63) is 56.8 Å². The first-order chi connectivity index (χ1) is 14.7. The maximum absolute atomic E-state index is 12.4. The van der Waals surface area contributed by atoms with E-state index in [9.17, 15) is 22.8 Å². The number of thiazole rings is 1. The molecule has 164 valence electrons. The molecule has 0 saturated carbocycles. The maximum atomic E-state index is 12.4. The van der Waals surface area contributed by atoms with E-state index in [4.69, 9.17) is 0 Å². The summed E-state index contributed by atoms with van der Waals surface area (Å²) in [4.78, 5) is 28.7. The first-order valence-electron chi connectivity index (χ1n) is 9.14. The number of ether oxygens (including phenoxy) is 1. The number of thiophene rings is 1. The van der Waals surface area contributed by atoms with Crippen LogP contribution in [0.1, 0.15) is 23.0 Å². The van der Waals surface area contributed by atoms with Gasteiger partial charge in [-0.3, -0.25) is 9.59 Å². The Morgan fingerprint density at radius 1 is 1.16 bits per heavy atom. The molecule has 0 fully saturated rings. The quantitative estimate of drug-likeness (QED) is 0.520. The third-order valence-electron chi connectivity index (χ3n) is 4.04. The van der Waals surface area contributed by atoms with Gasteiger partial charge in [-0.1, -0.05) is 6.07 Å². The molecule has 2 aromatic heterocycles. The van der Waals surface area contributed by atoms with E-state index in [1.807, 2.05) is 4.57 Å². The summed E-state index contributed by atoms with van der Waals surface area (Å²) in [5.74, 6) is -0.831. The van der Waals surface area contributed by atoms with Gasteiger partial charge in [0.15, 0.2) is 4.80 Å². The molecule has 6 nitrogen and oxygen atoms in total. The highest BCUT2D eigenvalue weighted by Crippen LogP contribution is 2.27. The third kappa shape index (κ3) is 6.53. The minimum Gasteiger partial charge on any atom is -0.406 e. The number of alkyl halides is 3. The Hall–Kier alpha value is -2.92. The zero-order valence-electron chi connectivity index (χ0n) is 16.3. The number of carbonyl (C=O) groups excluding carboxylic acids is 2. The number of hydrogen-bond acceptors (Lipinski definition) is 5.